The van der Waals surface area contributed by atoms with Crippen LogP contribution in [-0.4, -0.2) is 53.7 Å². The van der Waals surface area contributed by atoms with Gasteiger partial charge in [0.25, 0.3) is 5.91 Å². The molecule has 174 valence electrons. The summed E-state index contributed by atoms with van der Waals surface area (Å²) in [6, 6.07) is 11.6. The molecule has 1 amide bonds. The van der Waals surface area contributed by atoms with Crippen LogP contribution in [0.4, 0.5) is 4.39 Å². The average Bonchev–Trinajstić information content (AvgIpc) is 3.15. The second-order valence-corrected chi connectivity index (χ2v) is 11.3. The van der Waals surface area contributed by atoms with Gasteiger partial charge in [0, 0.05) is 28.7 Å². The van der Waals surface area contributed by atoms with Crippen LogP contribution in [-0.2, 0) is 16.3 Å². The Morgan fingerprint density at radius 2 is 1.85 bits per heavy atom. The third-order valence-electron chi connectivity index (χ3n) is 5.41. The van der Waals surface area contributed by atoms with Crippen LogP contribution in [0.2, 0.25) is 5.02 Å². The predicted octanol–water partition coefficient (Wildman–Crippen LogP) is 4.03. The summed E-state index contributed by atoms with van der Waals surface area (Å²) in [5, 5.41) is 6.32. The van der Waals surface area contributed by atoms with Gasteiger partial charge in [-0.2, -0.15) is 5.10 Å². The molecule has 7 nitrogen and oxygen atoms in total. The van der Waals surface area contributed by atoms with Crippen molar-refractivity contribution >= 4 is 43.3 Å². The molecule has 1 saturated heterocycles. The highest BCUT2D eigenvalue weighted by molar-refractivity contribution is 9.10. The van der Waals surface area contributed by atoms with Crippen molar-refractivity contribution in [3.05, 3.63) is 69.0 Å². The Hall–Kier alpha value is -2.27. The number of sulfone groups is 1. The van der Waals surface area contributed by atoms with Crippen molar-refractivity contribution in [1.29, 1.82) is 0 Å². The van der Waals surface area contributed by atoms with Crippen LogP contribution in [0, 0.1) is 5.82 Å². The Morgan fingerprint density at radius 1 is 1.18 bits per heavy atom. The maximum atomic E-state index is 13.7. The van der Waals surface area contributed by atoms with Crippen molar-refractivity contribution in [3.8, 4) is 16.9 Å². The van der Waals surface area contributed by atoms with Crippen LogP contribution >= 0.6 is 27.5 Å². The van der Waals surface area contributed by atoms with Crippen molar-refractivity contribution in [2.45, 2.75) is 13.3 Å². The molecule has 1 N–H and O–H groups in total. The molecule has 0 bridgehead atoms. The van der Waals surface area contributed by atoms with Gasteiger partial charge in [-0.05, 0) is 36.8 Å². The van der Waals surface area contributed by atoms with Gasteiger partial charge in [-0.1, -0.05) is 46.6 Å². The first kappa shape index (κ1) is 23.9. The van der Waals surface area contributed by atoms with E-state index in [1.165, 1.54) is 18.2 Å². The van der Waals surface area contributed by atoms with Gasteiger partial charge < -0.3 is 0 Å². The van der Waals surface area contributed by atoms with Crippen LogP contribution in [0.1, 0.15) is 23.0 Å². The second-order valence-electron chi connectivity index (χ2n) is 7.62. The summed E-state index contributed by atoms with van der Waals surface area (Å²) in [6.45, 7) is 2.33. The van der Waals surface area contributed by atoms with Crippen LogP contribution in [0.3, 0.4) is 0 Å². The van der Waals surface area contributed by atoms with Gasteiger partial charge in [0.2, 0.25) is 0 Å². The number of nitrogens with zero attached hydrogens (tertiary/aromatic N) is 3. The highest BCUT2D eigenvalue weighted by atomic mass is 79.9. The fourth-order valence-corrected chi connectivity index (χ4v) is 5.43. The standard InChI is InChI=1S/C22H21BrClFN4O3S/c1-2-17-20(22(30)27-28-9-11-33(31,32)12-10-28)26-29(19-8-7-16(25)13-18(19)24)21(17)14-3-5-15(23)6-4-14/h3-8,13H,2,9-12H2,1H3,(H,27,30). The molecule has 0 spiro atoms. The van der Waals surface area contributed by atoms with E-state index in [0.29, 0.717) is 23.4 Å². The van der Waals surface area contributed by atoms with Gasteiger partial charge in [0.05, 0.1) is 27.9 Å². The normalized spacial score (nSPS) is 16.0. The fourth-order valence-electron chi connectivity index (χ4n) is 3.72. The van der Waals surface area contributed by atoms with Crippen molar-refractivity contribution in [2.75, 3.05) is 24.6 Å². The summed E-state index contributed by atoms with van der Waals surface area (Å²) in [6.07, 6.45) is 0.501. The third-order valence-corrected chi connectivity index (χ3v) is 7.85. The van der Waals surface area contributed by atoms with Crippen LogP contribution < -0.4 is 5.43 Å². The van der Waals surface area contributed by atoms with Gasteiger partial charge in [0.15, 0.2) is 15.5 Å². The van der Waals surface area contributed by atoms with E-state index in [-0.39, 0.29) is 35.3 Å². The van der Waals surface area contributed by atoms with Crippen molar-refractivity contribution in [1.82, 2.24) is 20.2 Å². The number of benzene rings is 2. The zero-order valence-corrected chi connectivity index (χ0v) is 20.8. The summed E-state index contributed by atoms with van der Waals surface area (Å²) in [5.74, 6) is -0.952. The third kappa shape index (κ3) is 5.13. The lowest BCUT2D eigenvalue weighted by Crippen LogP contribution is -2.50. The Balaban J connectivity index is 1.79. The molecule has 0 aliphatic carbocycles. The fraction of sp³-hybridized carbons (Fsp3) is 0.273. The Kier molecular flexibility index (Phi) is 6.90. The Bertz CT molecular complexity index is 1300. The summed E-state index contributed by atoms with van der Waals surface area (Å²) in [5.41, 5.74) is 5.59. The molecule has 0 atom stereocenters. The van der Waals surface area contributed by atoms with Crippen LogP contribution in [0.25, 0.3) is 16.9 Å². The molecule has 1 aliphatic rings. The number of amides is 1. The summed E-state index contributed by atoms with van der Waals surface area (Å²) >= 11 is 9.77. The van der Waals surface area contributed by atoms with E-state index >= 15 is 0 Å². The molecule has 1 aromatic heterocycles. The van der Waals surface area contributed by atoms with Gasteiger partial charge in [-0.3, -0.25) is 10.2 Å². The molecule has 4 rings (SSSR count). The van der Waals surface area contributed by atoms with E-state index < -0.39 is 21.6 Å². The highest BCUT2D eigenvalue weighted by Crippen LogP contribution is 2.33. The van der Waals surface area contributed by atoms with Gasteiger partial charge in [-0.15, -0.1) is 0 Å². The number of carbonyl (C=O) groups is 1. The smallest absolute Gasteiger partial charge is 0.283 e. The monoisotopic (exact) mass is 554 g/mol. The quantitative estimate of drug-likeness (QED) is 0.514. The van der Waals surface area contributed by atoms with E-state index in [4.69, 9.17) is 11.6 Å². The van der Waals surface area contributed by atoms with E-state index in [1.807, 2.05) is 31.2 Å². The Morgan fingerprint density at radius 3 is 2.45 bits per heavy atom. The molecular formula is C22H21BrClFN4O3S. The van der Waals surface area contributed by atoms with Crippen molar-refractivity contribution in [3.63, 3.8) is 0 Å². The van der Waals surface area contributed by atoms with Crippen LogP contribution in [0.5, 0.6) is 0 Å². The lowest BCUT2D eigenvalue weighted by Gasteiger charge is -2.26. The summed E-state index contributed by atoms with van der Waals surface area (Å²) < 4.78 is 39.5. The van der Waals surface area contributed by atoms with Gasteiger partial charge >= 0.3 is 0 Å². The number of carbonyl (C=O) groups excluding carboxylic acids is 1. The molecule has 0 radical (unpaired) electrons. The first-order valence-corrected chi connectivity index (χ1v) is 13.3. The molecular weight excluding hydrogens is 535 g/mol. The number of hydrazine groups is 1. The van der Waals surface area contributed by atoms with E-state index in [1.54, 1.807) is 9.69 Å². The molecule has 1 fully saturated rings. The number of hydrogen-bond acceptors (Lipinski definition) is 5. The molecule has 2 heterocycles. The van der Waals surface area contributed by atoms with E-state index in [0.717, 1.165) is 10.0 Å². The highest BCUT2D eigenvalue weighted by Gasteiger charge is 2.28. The lowest BCUT2D eigenvalue weighted by molar-refractivity contribution is 0.0795. The number of halogens is 3. The van der Waals surface area contributed by atoms with E-state index in [2.05, 4.69) is 26.5 Å². The second kappa shape index (κ2) is 9.54. The van der Waals surface area contributed by atoms with Crippen molar-refractivity contribution < 1.29 is 17.6 Å². The minimum atomic E-state index is -3.08. The topological polar surface area (TPSA) is 84.3 Å². The van der Waals surface area contributed by atoms with E-state index in [9.17, 15) is 17.6 Å². The molecule has 11 heteroatoms. The summed E-state index contributed by atoms with van der Waals surface area (Å²) in [7, 11) is -3.08. The number of rotatable bonds is 5. The maximum absolute atomic E-state index is 13.7. The molecule has 0 unspecified atom stereocenters. The molecule has 1 aliphatic heterocycles. The summed E-state index contributed by atoms with van der Waals surface area (Å²) in [4.78, 5) is 13.2. The first-order chi connectivity index (χ1) is 15.7. The zero-order valence-electron chi connectivity index (χ0n) is 17.7. The van der Waals surface area contributed by atoms with Crippen LogP contribution in [0.15, 0.2) is 46.9 Å². The SMILES string of the molecule is CCc1c(C(=O)NN2CCS(=O)(=O)CC2)nn(-c2ccc(F)cc2Cl)c1-c1ccc(Br)cc1. The average molecular weight is 556 g/mol. The first-order valence-electron chi connectivity index (χ1n) is 10.3. The molecule has 33 heavy (non-hydrogen) atoms. The van der Waals surface area contributed by atoms with Crippen molar-refractivity contribution in [2.24, 2.45) is 0 Å². The number of aromatic nitrogens is 2. The van der Waals surface area contributed by atoms with Gasteiger partial charge in [-0.25, -0.2) is 22.5 Å². The molecule has 2 aromatic carbocycles. The number of hydrogen-bond donors (Lipinski definition) is 1. The minimum absolute atomic E-state index is 0.0162. The predicted molar refractivity (Wildman–Crippen MR) is 129 cm³/mol. The Labute approximate surface area is 204 Å². The lowest BCUT2D eigenvalue weighted by atomic mass is 10.0. The molecule has 3 aromatic rings. The minimum Gasteiger partial charge on any atom is -0.283 e. The zero-order chi connectivity index (χ0) is 23.8. The molecule has 0 saturated carbocycles. The maximum Gasteiger partial charge on any atom is 0.286 e. The van der Waals surface area contributed by atoms with Gasteiger partial charge in [0.1, 0.15) is 5.82 Å². The largest absolute Gasteiger partial charge is 0.286 e. The number of nitrogens with one attached hydrogen (secondary N) is 1.